The molecule has 1 N–H and O–H groups in total. The van der Waals surface area contributed by atoms with Crippen LogP contribution in [0.3, 0.4) is 0 Å². The topological polar surface area (TPSA) is 114 Å². The number of ether oxygens (including phenoxy) is 1. The van der Waals surface area contributed by atoms with Crippen LogP contribution in [0.5, 0.6) is 0 Å². The summed E-state index contributed by atoms with van der Waals surface area (Å²) in [6.45, 7) is 6.87. The number of rotatable bonds is 72. The maximum Gasteiger partial charge on any atom is 0.306 e. The van der Waals surface area contributed by atoms with Gasteiger partial charge in [-0.3, -0.25) is 14.2 Å². The summed E-state index contributed by atoms with van der Waals surface area (Å²) in [6.07, 6.45) is 90.8. The molecule has 0 heterocycles. The monoisotopic (exact) mass is 1280 g/mol. The van der Waals surface area contributed by atoms with Crippen molar-refractivity contribution in [3.8, 4) is 0 Å². The molecule has 0 aliphatic rings. The summed E-state index contributed by atoms with van der Waals surface area (Å²) < 4.78 is 30.5. The van der Waals surface area contributed by atoms with Crippen LogP contribution in [0, 0.1) is 0 Å². The number of carbonyl (C=O) groups excluding carboxylic acids is 2. The Morgan fingerprint density at radius 2 is 0.678 bits per heavy atom. The predicted octanol–water partition coefficient (Wildman–Crippen LogP) is 24.7. The van der Waals surface area contributed by atoms with Gasteiger partial charge in [-0.1, -0.05) is 339 Å². The first kappa shape index (κ1) is 87.7. The fraction of sp³-hybridized carbons (Fsp3) is 0.850. The van der Waals surface area contributed by atoms with Crippen LogP contribution < -0.4 is 10.2 Å². The Hall–Kier alpha value is -2.29. The molecule has 0 rings (SSSR count). The molecule has 0 aromatic heterocycles. The summed E-state index contributed by atoms with van der Waals surface area (Å²) in [5.41, 5.74) is 0. The minimum absolute atomic E-state index is 0.0211. The highest BCUT2D eigenvalue weighted by atomic mass is 31.2. The lowest BCUT2D eigenvalue weighted by atomic mass is 10.0. The second-order valence-corrected chi connectivity index (χ2v) is 29.3. The quantitative estimate of drug-likeness (QED) is 0.0212. The van der Waals surface area contributed by atoms with Crippen LogP contribution in [0.1, 0.15) is 387 Å². The first-order valence-corrected chi connectivity index (χ1v) is 40.6. The highest BCUT2D eigenvalue weighted by Crippen LogP contribution is 2.38. The number of nitrogens with zero attached hydrogens (tertiary/aromatic N) is 1. The Bertz CT molecular complexity index is 1720. The average molecular weight is 1280 g/mol. The molecule has 10 heteroatoms. The number of unbranched alkanes of at least 4 members (excludes halogenated alkanes) is 48. The zero-order chi connectivity index (χ0) is 65.6. The molecule has 0 aliphatic heterocycles. The van der Waals surface area contributed by atoms with Crippen molar-refractivity contribution >= 4 is 19.7 Å². The number of amides is 1. The van der Waals surface area contributed by atoms with E-state index in [1.807, 2.05) is 33.3 Å². The van der Waals surface area contributed by atoms with Gasteiger partial charge in [0.25, 0.3) is 7.82 Å². The maximum absolute atomic E-state index is 13.6. The SMILES string of the molecule is CCCCC/C=C\C/C=C\C/C=C\CCCCCCCCCCCCCCCCC(=O)OC(/C=C/CCCCCCCCCCCC)C(COP(=O)([O-])OCC[N+](C)(C)C)NC(=O)CCCCCCCCCCCCCCCCC/C=C/CCCCCCCC. The van der Waals surface area contributed by atoms with Crippen molar-refractivity contribution in [3.63, 3.8) is 0 Å². The van der Waals surface area contributed by atoms with Crippen LogP contribution in [0.4, 0.5) is 0 Å². The summed E-state index contributed by atoms with van der Waals surface area (Å²) in [4.78, 5) is 40.3. The van der Waals surface area contributed by atoms with Gasteiger partial charge in [-0.15, -0.1) is 0 Å². The number of quaternary nitrogens is 1. The molecule has 1 amide bonds. The molecule has 0 aromatic rings. The number of carbonyl (C=O) groups is 2. The number of hydrogen-bond donors (Lipinski definition) is 1. The minimum Gasteiger partial charge on any atom is -0.756 e. The van der Waals surface area contributed by atoms with Crippen LogP contribution in [0.2, 0.25) is 0 Å². The molecule has 0 aromatic carbocycles. The molecule has 528 valence electrons. The van der Waals surface area contributed by atoms with E-state index in [0.29, 0.717) is 17.4 Å². The molecule has 0 saturated heterocycles. The van der Waals surface area contributed by atoms with Gasteiger partial charge in [0.15, 0.2) is 0 Å². The van der Waals surface area contributed by atoms with Crippen LogP contribution in [0.15, 0.2) is 60.8 Å². The van der Waals surface area contributed by atoms with Crippen LogP contribution >= 0.6 is 7.82 Å². The summed E-state index contributed by atoms with van der Waals surface area (Å²) in [6, 6.07) is -0.889. The van der Waals surface area contributed by atoms with E-state index >= 15 is 0 Å². The Morgan fingerprint density at radius 3 is 1.04 bits per heavy atom. The molecular weight excluding hydrogens is 1130 g/mol. The van der Waals surface area contributed by atoms with Gasteiger partial charge in [-0.05, 0) is 96.0 Å². The minimum atomic E-state index is -4.71. The number of allylic oxidation sites excluding steroid dienone is 9. The van der Waals surface area contributed by atoms with E-state index in [1.54, 1.807) is 0 Å². The smallest absolute Gasteiger partial charge is 0.306 e. The lowest BCUT2D eigenvalue weighted by molar-refractivity contribution is -0.870. The Balaban J connectivity index is 4.93. The Kier molecular flexibility index (Phi) is 67.8. The van der Waals surface area contributed by atoms with E-state index in [4.69, 9.17) is 13.8 Å². The number of likely N-dealkylation sites (N-methyl/N-ethyl adjacent to an activating group) is 1. The van der Waals surface area contributed by atoms with Gasteiger partial charge in [-0.2, -0.15) is 0 Å². The van der Waals surface area contributed by atoms with Gasteiger partial charge >= 0.3 is 5.97 Å². The second-order valence-electron chi connectivity index (χ2n) is 27.9. The van der Waals surface area contributed by atoms with E-state index in [0.717, 1.165) is 70.6 Å². The zero-order valence-electron chi connectivity index (χ0n) is 60.6. The fourth-order valence-electron chi connectivity index (χ4n) is 11.6. The van der Waals surface area contributed by atoms with E-state index in [2.05, 4.69) is 74.7 Å². The normalized spacial score (nSPS) is 13.7. The molecule has 0 radical (unpaired) electrons. The van der Waals surface area contributed by atoms with E-state index < -0.39 is 20.0 Å². The summed E-state index contributed by atoms with van der Waals surface area (Å²) in [5.74, 6) is -0.524. The number of phosphoric acid groups is 1. The number of esters is 1. The van der Waals surface area contributed by atoms with E-state index in [1.165, 1.54) is 283 Å². The van der Waals surface area contributed by atoms with Gasteiger partial charge in [0.2, 0.25) is 5.91 Å². The predicted molar refractivity (Wildman–Crippen MR) is 390 cm³/mol. The highest BCUT2D eigenvalue weighted by molar-refractivity contribution is 7.45. The molecule has 0 bridgehead atoms. The third kappa shape index (κ3) is 70.0. The molecule has 0 aliphatic carbocycles. The first-order chi connectivity index (χ1) is 43.9. The standard InChI is InChI=1S/C80H151N2O7P/c1-7-10-13-16-19-22-25-28-30-32-34-36-38-40-41-43-45-47-49-51-53-55-58-61-64-67-70-73-80(84)89-78(71-68-65-62-59-56-27-24-21-18-15-12-9-3)77(76-88-90(85,86)87-75-74-82(4,5)6)81-79(83)72-69-66-63-60-57-54-52-50-48-46-44-42-39-37-35-33-31-29-26-23-20-17-14-11-8-2/h19,22,28-31,34,36,68,71,77-78H,7-18,20-21,23-27,32-33,35,37-67,69-70,72-76H2,1-6H3,(H-,81,83,85,86)/b22-19-,30-28-,31-29+,36-34-,71-68+. The molecule has 9 nitrogen and oxygen atoms in total. The van der Waals surface area contributed by atoms with Crippen molar-refractivity contribution in [1.29, 1.82) is 0 Å². The average Bonchev–Trinajstić information content (AvgIpc) is 3.12. The summed E-state index contributed by atoms with van der Waals surface area (Å²) in [7, 11) is 1.20. The maximum atomic E-state index is 13.6. The Morgan fingerprint density at radius 1 is 0.389 bits per heavy atom. The second kappa shape index (κ2) is 69.5. The molecule has 3 atom stereocenters. The molecule has 90 heavy (non-hydrogen) atoms. The van der Waals surface area contributed by atoms with Gasteiger partial charge < -0.3 is 28.5 Å². The molecule has 0 spiro atoms. The van der Waals surface area contributed by atoms with Gasteiger partial charge in [0.1, 0.15) is 19.3 Å². The lowest BCUT2D eigenvalue weighted by Crippen LogP contribution is -2.47. The third-order valence-electron chi connectivity index (χ3n) is 17.7. The van der Waals surface area contributed by atoms with Gasteiger partial charge in [-0.25, -0.2) is 0 Å². The van der Waals surface area contributed by atoms with E-state index in [9.17, 15) is 19.0 Å². The van der Waals surface area contributed by atoms with Crippen molar-refractivity contribution in [1.82, 2.24) is 5.32 Å². The number of phosphoric ester groups is 1. The Labute approximate surface area is 560 Å². The van der Waals surface area contributed by atoms with Crippen LogP contribution in [-0.2, 0) is 27.9 Å². The molecule has 3 unspecified atom stereocenters. The van der Waals surface area contributed by atoms with E-state index in [-0.39, 0.29) is 31.5 Å². The fourth-order valence-corrected chi connectivity index (χ4v) is 12.4. The van der Waals surface area contributed by atoms with Gasteiger partial charge in [0.05, 0.1) is 33.8 Å². The van der Waals surface area contributed by atoms with Crippen LogP contribution in [-0.4, -0.2) is 69.4 Å². The summed E-state index contributed by atoms with van der Waals surface area (Å²) >= 11 is 0. The zero-order valence-corrected chi connectivity index (χ0v) is 61.5. The largest absolute Gasteiger partial charge is 0.756 e. The van der Waals surface area contributed by atoms with Crippen LogP contribution in [0.25, 0.3) is 0 Å². The van der Waals surface area contributed by atoms with Crippen molar-refractivity contribution in [2.75, 3.05) is 40.9 Å². The van der Waals surface area contributed by atoms with Crippen molar-refractivity contribution in [2.24, 2.45) is 0 Å². The van der Waals surface area contributed by atoms with Crippen molar-refractivity contribution < 1.29 is 37.3 Å². The molecule has 0 saturated carbocycles. The first-order valence-electron chi connectivity index (χ1n) is 39.1. The van der Waals surface area contributed by atoms with Crippen molar-refractivity contribution in [2.45, 2.75) is 399 Å². The number of nitrogens with one attached hydrogen (secondary N) is 1. The highest BCUT2D eigenvalue weighted by Gasteiger charge is 2.27. The number of hydrogen-bond acceptors (Lipinski definition) is 7. The molecule has 0 fully saturated rings. The summed E-state index contributed by atoms with van der Waals surface area (Å²) in [5, 5.41) is 3.06. The lowest BCUT2D eigenvalue weighted by Gasteiger charge is -2.30. The molecular formula is C80H151N2O7P. The third-order valence-corrected chi connectivity index (χ3v) is 18.6. The van der Waals surface area contributed by atoms with Crippen molar-refractivity contribution in [3.05, 3.63) is 60.8 Å². The van der Waals surface area contributed by atoms with Gasteiger partial charge in [0, 0.05) is 12.8 Å².